The highest BCUT2D eigenvalue weighted by Crippen LogP contribution is 2.48. The highest BCUT2D eigenvalue weighted by molar-refractivity contribution is 6.10. The number of fused-ring (bicyclic) bond motifs is 4. The fraction of sp³-hybridized carbons (Fsp3) is 0.207. The van der Waals surface area contributed by atoms with Crippen LogP contribution >= 0.6 is 0 Å². The zero-order valence-corrected chi connectivity index (χ0v) is 36.5. The first-order valence-electron chi connectivity index (χ1n) is 21.3. The number of hydrogen-bond acceptors (Lipinski definition) is 2. The standard InChI is InChI=1S/C58H55NO/c1-56(2,3)41-29-31-44(32-30-41)59(51-25-13-10-20-45(51)39-28-33-54-50(36-39)48-22-12-15-27-53(48)60-54)52-26-14-11-21-47(52)49-24-17-19-38-18-16-23-46(55(38)49)40-34-42(57(4,5)6)37-43(35-40)58(7,8)9/h10-37H,1-9H3. The van der Waals surface area contributed by atoms with Crippen LogP contribution in [0.1, 0.15) is 79.0 Å². The van der Waals surface area contributed by atoms with E-state index in [-0.39, 0.29) is 16.2 Å². The van der Waals surface area contributed by atoms with Crippen LogP contribution in [0.4, 0.5) is 17.1 Å². The Labute approximate surface area is 356 Å². The van der Waals surface area contributed by atoms with Gasteiger partial charge in [-0.3, -0.25) is 0 Å². The van der Waals surface area contributed by atoms with Gasteiger partial charge < -0.3 is 9.32 Å². The van der Waals surface area contributed by atoms with E-state index in [2.05, 4.69) is 225 Å². The SMILES string of the molecule is CC(C)(C)c1ccc(N(c2ccccc2-c2ccc3oc4ccccc4c3c2)c2ccccc2-c2cccc3cccc(-c4cc(C(C)(C)C)cc(C(C)(C)C)c4)c23)cc1. The summed E-state index contributed by atoms with van der Waals surface area (Å²) in [5.74, 6) is 0. The Hall–Kier alpha value is -6.38. The molecule has 0 aliphatic carbocycles. The van der Waals surface area contributed by atoms with Gasteiger partial charge in [0.1, 0.15) is 11.2 Å². The van der Waals surface area contributed by atoms with E-state index in [1.54, 1.807) is 0 Å². The van der Waals surface area contributed by atoms with E-state index in [1.807, 2.05) is 12.1 Å². The Morgan fingerprint density at radius 2 is 0.900 bits per heavy atom. The fourth-order valence-corrected chi connectivity index (χ4v) is 8.68. The molecule has 298 valence electrons. The van der Waals surface area contributed by atoms with Crippen LogP contribution in [0.15, 0.2) is 174 Å². The summed E-state index contributed by atoms with van der Waals surface area (Å²) in [6, 6.07) is 62.7. The van der Waals surface area contributed by atoms with Gasteiger partial charge in [-0.15, -0.1) is 0 Å². The zero-order valence-electron chi connectivity index (χ0n) is 36.5. The normalized spacial score (nSPS) is 12.4. The molecular formula is C58H55NO. The lowest BCUT2D eigenvalue weighted by atomic mass is 9.78. The predicted molar refractivity (Wildman–Crippen MR) is 258 cm³/mol. The number of anilines is 3. The summed E-state index contributed by atoms with van der Waals surface area (Å²) < 4.78 is 6.28. The lowest BCUT2D eigenvalue weighted by Gasteiger charge is -2.31. The van der Waals surface area contributed by atoms with E-state index in [9.17, 15) is 0 Å². The highest BCUT2D eigenvalue weighted by atomic mass is 16.3. The maximum atomic E-state index is 6.28. The van der Waals surface area contributed by atoms with E-state index in [1.165, 1.54) is 49.7 Å². The van der Waals surface area contributed by atoms with Crippen LogP contribution in [-0.4, -0.2) is 0 Å². The molecule has 1 heterocycles. The van der Waals surface area contributed by atoms with E-state index >= 15 is 0 Å². The Bertz CT molecular complexity index is 2990. The van der Waals surface area contributed by atoms with Crippen molar-refractivity contribution in [2.24, 2.45) is 0 Å². The van der Waals surface area contributed by atoms with Crippen molar-refractivity contribution in [3.8, 4) is 33.4 Å². The van der Waals surface area contributed by atoms with Crippen LogP contribution < -0.4 is 4.90 Å². The van der Waals surface area contributed by atoms with Gasteiger partial charge in [0.25, 0.3) is 0 Å². The molecule has 0 amide bonds. The summed E-state index contributed by atoms with van der Waals surface area (Å²) in [5, 5.41) is 4.72. The Morgan fingerprint density at radius 1 is 0.367 bits per heavy atom. The minimum Gasteiger partial charge on any atom is -0.456 e. The lowest BCUT2D eigenvalue weighted by Crippen LogP contribution is -2.16. The molecule has 0 fully saturated rings. The van der Waals surface area contributed by atoms with Gasteiger partial charge >= 0.3 is 0 Å². The van der Waals surface area contributed by atoms with E-state index < -0.39 is 0 Å². The van der Waals surface area contributed by atoms with Crippen molar-refractivity contribution in [1.82, 2.24) is 0 Å². The molecule has 0 aliphatic rings. The lowest BCUT2D eigenvalue weighted by molar-refractivity contribution is 0.569. The van der Waals surface area contributed by atoms with Crippen molar-refractivity contribution in [2.75, 3.05) is 4.90 Å². The molecule has 0 spiro atoms. The third kappa shape index (κ3) is 7.19. The smallest absolute Gasteiger partial charge is 0.135 e. The molecular weight excluding hydrogens is 727 g/mol. The monoisotopic (exact) mass is 781 g/mol. The topological polar surface area (TPSA) is 16.4 Å². The summed E-state index contributed by atoms with van der Waals surface area (Å²) in [7, 11) is 0. The Morgan fingerprint density at radius 3 is 1.55 bits per heavy atom. The van der Waals surface area contributed by atoms with E-state index in [0.29, 0.717) is 0 Å². The van der Waals surface area contributed by atoms with Crippen LogP contribution in [0.2, 0.25) is 0 Å². The minimum absolute atomic E-state index is 0.00168. The van der Waals surface area contributed by atoms with Crippen LogP contribution in [0, 0.1) is 0 Å². The second-order valence-corrected chi connectivity index (χ2v) is 19.5. The number of furan rings is 1. The summed E-state index contributed by atoms with van der Waals surface area (Å²) >= 11 is 0. The molecule has 8 aromatic carbocycles. The van der Waals surface area contributed by atoms with Crippen molar-refractivity contribution in [3.63, 3.8) is 0 Å². The largest absolute Gasteiger partial charge is 0.456 e. The molecule has 60 heavy (non-hydrogen) atoms. The number of nitrogens with zero attached hydrogens (tertiary/aromatic N) is 1. The van der Waals surface area contributed by atoms with Crippen molar-refractivity contribution in [2.45, 2.75) is 78.6 Å². The first kappa shape index (κ1) is 39.1. The van der Waals surface area contributed by atoms with E-state index in [0.717, 1.165) is 50.1 Å². The quantitative estimate of drug-likeness (QED) is 0.167. The van der Waals surface area contributed by atoms with Gasteiger partial charge in [-0.05, 0) is 108 Å². The molecule has 9 rings (SSSR count). The molecule has 0 N–H and O–H groups in total. The molecule has 9 aromatic rings. The minimum atomic E-state index is 0.00168. The number of benzene rings is 8. The summed E-state index contributed by atoms with van der Waals surface area (Å²) in [5.41, 5.74) is 16.3. The third-order valence-electron chi connectivity index (χ3n) is 12.1. The molecule has 0 saturated heterocycles. The molecule has 0 saturated carbocycles. The maximum absolute atomic E-state index is 6.28. The van der Waals surface area contributed by atoms with Gasteiger partial charge in [0.15, 0.2) is 0 Å². The molecule has 0 atom stereocenters. The van der Waals surface area contributed by atoms with Crippen LogP contribution in [0.5, 0.6) is 0 Å². The number of para-hydroxylation sites is 3. The molecule has 2 heteroatoms. The highest BCUT2D eigenvalue weighted by Gasteiger charge is 2.25. The first-order chi connectivity index (χ1) is 28.6. The summed E-state index contributed by atoms with van der Waals surface area (Å²) in [4.78, 5) is 2.47. The van der Waals surface area contributed by atoms with Crippen LogP contribution in [0.3, 0.4) is 0 Å². The molecule has 1 aromatic heterocycles. The Kier molecular flexibility index (Phi) is 9.59. The van der Waals surface area contributed by atoms with Crippen LogP contribution in [-0.2, 0) is 16.2 Å². The van der Waals surface area contributed by atoms with Gasteiger partial charge in [0.2, 0.25) is 0 Å². The second kappa shape index (κ2) is 14.7. The number of rotatable bonds is 6. The van der Waals surface area contributed by atoms with Gasteiger partial charge in [-0.1, -0.05) is 190 Å². The van der Waals surface area contributed by atoms with Crippen molar-refractivity contribution < 1.29 is 4.42 Å². The fourth-order valence-electron chi connectivity index (χ4n) is 8.68. The molecule has 0 aliphatic heterocycles. The summed E-state index contributed by atoms with van der Waals surface area (Å²) in [6.45, 7) is 20.7. The van der Waals surface area contributed by atoms with Crippen molar-refractivity contribution in [1.29, 1.82) is 0 Å². The predicted octanol–water partition coefficient (Wildman–Crippen LogP) is 17.1. The van der Waals surface area contributed by atoms with Gasteiger partial charge in [0.05, 0.1) is 11.4 Å². The molecule has 2 nitrogen and oxygen atoms in total. The third-order valence-corrected chi connectivity index (χ3v) is 12.1. The van der Waals surface area contributed by atoms with Gasteiger partial charge in [-0.2, -0.15) is 0 Å². The summed E-state index contributed by atoms with van der Waals surface area (Å²) in [6.07, 6.45) is 0. The second-order valence-electron chi connectivity index (χ2n) is 19.5. The molecule has 0 bridgehead atoms. The first-order valence-corrected chi connectivity index (χ1v) is 21.3. The zero-order chi connectivity index (χ0) is 42.0. The molecule has 0 radical (unpaired) electrons. The van der Waals surface area contributed by atoms with Gasteiger partial charge in [0, 0.05) is 27.6 Å². The van der Waals surface area contributed by atoms with Gasteiger partial charge in [-0.25, -0.2) is 0 Å². The van der Waals surface area contributed by atoms with E-state index in [4.69, 9.17) is 4.42 Å². The Balaban J connectivity index is 1.29. The maximum Gasteiger partial charge on any atom is 0.135 e. The average Bonchev–Trinajstić information content (AvgIpc) is 3.61. The van der Waals surface area contributed by atoms with Crippen molar-refractivity contribution >= 4 is 49.8 Å². The van der Waals surface area contributed by atoms with Crippen LogP contribution in [0.25, 0.3) is 66.1 Å². The number of hydrogen-bond donors (Lipinski definition) is 0. The molecule has 0 unspecified atom stereocenters. The average molecular weight is 782 g/mol. The van der Waals surface area contributed by atoms with Crippen molar-refractivity contribution in [3.05, 3.63) is 187 Å².